The number of aryl methyl sites for hydroxylation is 2. The van der Waals surface area contributed by atoms with Gasteiger partial charge in [-0.15, -0.1) is 0 Å². The van der Waals surface area contributed by atoms with E-state index < -0.39 is 0 Å². The van der Waals surface area contributed by atoms with Crippen molar-refractivity contribution in [3.8, 4) is 0 Å². The average Bonchev–Trinajstić information content (AvgIpc) is 2.88. The fourth-order valence-corrected chi connectivity index (χ4v) is 3.73. The van der Waals surface area contributed by atoms with Gasteiger partial charge in [0.2, 0.25) is 0 Å². The zero-order valence-electron chi connectivity index (χ0n) is 13.4. The van der Waals surface area contributed by atoms with Gasteiger partial charge in [-0.25, -0.2) is 0 Å². The minimum atomic E-state index is 0.881. The summed E-state index contributed by atoms with van der Waals surface area (Å²) in [7, 11) is 2.06. The number of nitrogens with zero attached hydrogens (tertiary/aromatic N) is 2. The lowest BCUT2D eigenvalue weighted by molar-refractivity contribution is 0.163. The van der Waals surface area contributed by atoms with Gasteiger partial charge < -0.3 is 5.32 Å². The summed E-state index contributed by atoms with van der Waals surface area (Å²) >= 11 is 0. The van der Waals surface area contributed by atoms with Gasteiger partial charge in [0.25, 0.3) is 0 Å². The molecule has 0 saturated heterocycles. The number of hydrogen-bond acceptors (Lipinski definition) is 2. The summed E-state index contributed by atoms with van der Waals surface area (Å²) in [5.41, 5.74) is 1.38. The minimum absolute atomic E-state index is 0.881. The molecule has 0 radical (unpaired) electrons. The van der Waals surface area contributed by atoms with Crippen molar-refractivity contribution in [2.24, 2.45) is 24.8 Å². The SMILES string of the molecule is CCNCC1CCC(CC)CC1CCc1ccnn1C. The monoisotopic (exact) mass is 277 g/mol. The first-order valence-electron chi connectivity index (χ1n) is 8.42. The van der Waals surface area contributed by atoms with Gasteiger partial charge in [0.05, 0.1) is 0 Å². The van der Waals surface area contributed by atoms with Crippen LogP contribution >= 0.6 is 0 Å². The summed E-state index contributed by atoms with van der Waals surface area (Å²) in [6.07, 6.45) is 10.1. The van der Waals surface area contributed by atoms with Crippen LogP contribution in [0.25, 0.3) is 0 Å². The van der Waals surface area contributed by atoms with Crippen LogP contribution in [0.3, 0.4) is 0 Å². The normalized spacial score (nSPS) is 26.9. The van der Waals surface area contributed by atoms with Crippen molar-refractivity contribution in [3.63, 3.8) is 0 Å². The van der Waals surface area contributed by atoms with Crippen molar-refractivity contribution in [1.82, 2.24) is 15.1 Å². The van der Waals surface area contributed by atoms with Gasteiger partial charge in [0.1, 0.15) is 0 Å². The Morgan fingerprint density at radius 3 is 2.80 bits per heavy atom. The molecule has 1 N–H and O–H groups in total. The third-order valence-electron chi connectivity index (χ3n) is 5.18. The minimum Gasteiger partial charge on any atom is -0.317 e. The van der Waals surface area contributed by atoms with E-state index in [0.717, 1.165) is 24.3 Å². The molecule has 3 unspecified atom stereocenters. The summed E-state index contributed by atoms with van der Waals surface area (Å²) in [5.74, 6) is 2.73. The molecule has 20 heavy (non-hydrogen) atoms. The quantitative estimate of drug-likeness (QED) is 0.828. The van der Waals surface area contributed by atoms with Crippen LogP contribution in [0.1, 0.15) is 51.6 Å². The lowest BCUT2D eigenvalue weighted by atomic mass is 9.71. The van der Waals surface area contributed by atoms with Crippen molar-refractivity contribution in [2.45, 2.75) is 52.4 Å². The molecule has 3 atom stereocenters. The smallest absolute Gasteiger partial charge is 0.0492 e. The highest BCUT2D eigenvalue weighted by atomic mass is 15.2. The maximum absolute atomic E-state index is 4.28. The van der Waals surface area contributed by atoms with Crippen molar-refractivity contribution in [3.05, 3.63) is 18.0 Å². The average molecular weight is 277 g/mol. The van der Waals surface area contributed by atoms with E-state index in [9.17, 15) is 0 Å². The molecule has 1 fully saturated rings. The van der Waals surface area contributed by atoms with Gasteiger partial charge in [0, 0.05) is 18.9 Å². The Hall–Kier alpha value is -0.830. The second-order valence-electron chi connectivity index (χ2n) is 6.40. The Balaban J connectivity index is 1.90. The van der Waals surface area contributed by atoms with E-state index in [-0.39, 0.29) is 0 Å². The van der Waals surface area contributed by atoms with Gasteiger partial charge in [-0.1, -0.05) is 26.7 Å². The van der Waals surface area contributed by atoms with Gasteiger partial charge in [-0.05, 0) is 62.6 Å². The summed E-state index contributed by atoms with van der Waals surface area (Å²) in [6.45, 7) is 6.88. The zero-order chi connectivity index (χ0) is 14.4. The Labute approximate surface area is 124 Å². The fraction of sp³-hybridized carbons (Fsp3) is 0.824. The highest BCUT2D eigenvalue weighted by Gasteiger charge is 2.29. The second-order valence-corrected chi connectivity index (χ2v) is 6.40. The van der Waals surface area contributed by atoms with Crippen LogP contribution in [-0.4, -0.2) is 22.9 Å². The zero-order valence-corrected chi connectivity index (χ0v) is 13.4. The lowest BCUT2D eigenvalue weighted by Crippen LogP contribution is -2.33. The van der Waals surface area contributed by atoms with E-state index in [1.165, 1.54) is 50.8 Å². The van der Waals surface area contributed by atoms with E-state index in [4.69, 9.17) is 0 Å². The molecule has 1 heterocycles. The molecule has 1 saturated carbocycles. The van der Waals surface area contributed by atoms with Crippen LogP contribution in [0.15, 0.2) is 12.3 Å². The van der Waals surface area contributed by atoms with Gasteiger partial charge >= 0.3 is 0 Å². The number of hydrogen-bond donors (Lipinski definition) is 1. The van der Waals surface area contributed by atoms with Crippen LogP contribution < -0.4 is 5.32 Å². The molecule has 0 aromatic carbocycles. The molecule has 1 aliphatic rings. The highest BCUT2D eigenvalue weighted by molar-refractivity contribution is 5.00. The Bertz CT molecular complexity index is 385. The van der Waals surface area contributed by atoms with Crippen LogP contribution in [0.4, 0.5) is 0 Å². The molecular formula is C17H31N3. The molecule has 0 bridgehead atoms. The van der Waals surface area contributed by atoms with E-state index in [2.05, 4.69) is 37.4 Å². The molecule has 3 nitrogen and oxygen atoms in total. The molecule has 0 aliphatic heterocycles. The third kappa shape index (κ3) is 4.08. The first kappa shape index (κ1) is 15.6. The van der Waals surface area contributed by atoms with Crippen LogP contribution in [0, 0.1) is 17.8 Å². The standard InChI is InChI=1S/C17H31N3/c1-4-14-6-7-16(13-18-5-2)15(12-14)8-9-17-10-11-19-20(17)3/h10-11,14-16,18H,4-9,12-13H2,1-3H3. The van der Waals surface area contributed by atoms with E-state index in [0.29, 0.717) is 0 Å². The van der Waals surface area contributed by atoms with Crippen molar-refractivity contribution in [2.75, 3.05) is 13.1 Å². The van der Waals surface area contributed by atoms with Crippen LogP contribution in [0.5, 0.6) is 0 Å². The third-order valence-corrected chi connectivity index (χ3v) is 5.18. The molecule has 3 heteroatoms. The van der Waals surface area contributed by atoms with Gasteiger partial charge in [-0.3, -0.25) is 4.68 Å². The van der Waals surface area contributed by atoms with Gasteiger partial charge in [-0.2, -0.15) is 5.10 Å². The second kappa shape index (κ2) is 7.82. The van der Waals surface area contributed by atoms with E-state index in [1.54, 1.807) is 0 Å². The maximum atomic E-state index is 4.28. The lowest BCUT2D eigenvalue weighted by Gasteiger charge is -2.36. The summed E-state index contributed by atoms with van der Waals surface area (Å²) in [4.78, 5) is 0. The van der Waals surface area contributed by atoms with E-state index >= 15 is 0 Å². The predicted octanol–water partition coefficient (Wildman–Crippen LogP) is 3.40. The maximum Gasteiger partial charge on any atom is 0.0492 e. The number of rotatable bonds is 7. The van der Waals surface area contributed by atoms with Crippen molar-refractivity contribution >= 4 is 0 Å². The van der Waals surface area contributed by atoms with Crippen molar-refractivity contribution in [1.29, 1.82) is 0 Å². The summed E-state index contributed by atoms with van der Waals surface area (Å²) in [6, 6.07) is 2.17. The van der Waals surface area contributed by atoms with Crippen molar-refractivity contribution < 1.29 is 0 Å². The summed E-state index contributed by atoms with van der Waals surface area (Å²) < 4.78 is 2.03. The molecule has 0 amide bonds. The molecule has 1 aromatic rings. The highest BCUT2D eigenvalue weighted by Crippen LogP contribution is 2.37. The molecule has 2 rings (SSSR count). The molecule has 114 valence electrons. The summed E-state index contributed by atoms with van der Waals surface area (Å²) in [5, 5.41) is 7.85. The largest absolute Gasteiger partial charge is 0.317 e. The van der Waals surface area contributed by atoms with Crippen LogP contribution in [-0.2, 0) is 13.5 Å². The molecule has 0 spiro atoms. The first-order chi connectivity index (χ1) is 9.74. The number of aromatic nitrogens is 2. The predicted molar refractivity (Wildman–Crippen MR) is 84.7 cm³/mol. The van der Waals surface area contributed by atoms with E-state index in [1.807, 2.05) is 10.9 Å². The topological polar surface area (TPSA) is 29.9 Å². The first-order valence-corrected chi connectivity index (χ1v) is 8.42. The Kier molecular flexibility index (Phi) is 6.08. The number of nitrogens with one attached hydrogen (secondary N) is 1. The van der Waals surface area contributed by atoms with Gasteiger partial charge in [0.15, 0.2) is 0 Å². The fourth-order valence-electron chi connectivity index (χ4n) is 3.73. The molecule has 1 aliphatic carbocycles. The Morgan fingerprint density at radius 1 is 1.30 bits per heavy atom. The Morgan fingerprint density at radius 2 is 2.15 bits per heavy atom. The van der Waals surface area contributed by atoms with Crippen LogP contribution in [0.2, 0.25) is 0 Å². The molecular weight excluding hydrogens is 246 g/mol. The molecule has 1 aromatic heterocycles.